The van der Waals surface area contributed by atoms with Crippen LogP contribution < -0.4 is 5.32 Å². The first kappa shape index (κ1) is 14.5. The molecule has 0 aromatic rings. The van der Waals surface area contributed by atoms with Crippen molar-refractivity contribution >= 4 is 5.91 Å². The quantitative estimate of drug-likeness (QED) is 0.747. The van der Waals surface area contributed by atoms with Gasteiger partial charge in [-0.3, -0.25) is 9.69 Å². The molecule has 17 heavy (non-hydrogen) atoms. The molecule has 1 saturated heterocycles. The second-order valence-corrected chi connectivity index (χ2v) is 4.87. The van der Waals surface area contributed by atoms with Crippen molar-refractivity contribution in [2.24, 2.45) is 5.92 Å². The summed E-state index contributed by atoms with van der Waals surface area (Å²) >= 11 is 0. The van der Waals surface area contributed by atoms with Crippen molar-refractivity contribution in [1.82, 2.24) is 15.1 Å². The first-order valence-corrected chi connectivity index (χ1v) is 6.85. The van der Waals surface area contributed by atoms with Gasteiger partial charge in [-0.15, -0.1) is 0 Å². The molecule has 0 aliphatic carbocycles. The predicted octanol–water partition coefficient (Wildman–Crippen LogP) is 0.786. The second kappa shape index (κ2) is 7.67. The van der Waals surface area contributed by atoms with Gasteiger partial charge in [-0.25, -0.2) is 0 Å². The largest absolute Gasteiger partial charge is 0.341 e. The minimum absolute atomic E-state index is 0.300. The van der Waals surface area contributed by atoms with Crippen LogP contribution in [-0.4, -0.2) is 62.0 Å². The number of carbonyl (C=O) groups is 1. The third-order valence-corrected chi connectivity index (χ3v) is 3.62. The smallest absolute Gasteiger partial charge is 0.236 e. The third-order valence-electron chi connectivity index (χ3n) is 3.62. The molecule has 1 rings (SSSR count). The van der Waals surface area contributed by atoms with E-state index in [2.05, 4.69) is 24.1 Å². The fourth-order valence-electron chi connectivity index (χ4n) is 2.49. The Morgan fingerprint density at radius 3 is 2.71 bits per heavy atom. The molecule has 1 heterocycles. The van der Waals surface area contributed by atoms with Gasteiger partial charge in [0.25, 0.3) is 0 Å². The molecule has 0 saturated carbocycles. The highest BCUT2D eigenvalue weighted by Crippen LogP contribution is 2.15. The molecule has 1 fully saturated rings. The number of carbonyl (C=O) groups excluding carboxylic acids is 1. The summed E-state index contributed by atoms with van der Waals surface area (Å²) in [4.78, 5) is 16.4. The molecular weight excluding hydrogens is 214 g/mol. The highest BCUT2D eigenvalue weighted by molar-refractivity contribution is 5.78. The molecule has 4 heteroatoms. The summed E-state index contributed by atoms with van der Waals surface area (Å²) in [6, 6.07) is 0. The first-order valence-electron chi connectivity index (χ1n) is 6.85. The Balaban J connectivity index is 2.40. The van der Waals surface area contributed by atoms with Crippen molar-refractivity contribution in [2.75, 3.05) is 46.3 Å². The van der Waals surface area contributed by atoms with Crippen molar-refractivity contribution in [3.8, 4) is 0 Å². The molecule has 0 spiro atoms. The maximum Gasteiger partial charge on any atom is 0.236 e. The second-order valence-electron chi connectivity index (χ2n) is 4.87. The van der Waals surface area contributed by atoms with Crippen molar-refractivity contribution < 1.29 is 4.79 Å². The Bertz CT molecular complexity index is 227. The third kappa shape index (κ3) is 4.64. The zero-order valence-corrected chi connectivity index (χ0v) is 11.5. The number of hydrogen-bond acceptors (Lipinski definition) is 3. The Labute approximate surface area is 105 Å². The van der Waals surface area contributed by atoms with Crippen LogP contribution in [0, 0.1) is 5.92 Å². The molecule has 0 aromatic carbocycles. The number of likely N-dealkylation sites (tertiary alicyclic amines) is 1. The van der Waals surface area contributed by atoms with E-state index in [1.54, 1.807) is 0 Å². The molecule has 1 N–H and O–H groups in total. The summed E-state index contributed by atoms with van der Waals surface area (Å²) in [6.07, 6.45) is 2.40. The maximum absolute atomic E-state index is 12.1. The molecule has 1 unspecified atom stereocenters. The molecule has 4 nitrogen and oxygen atoms in total. The molecular formula is C13H27N3O. The van der Waals surface area contributed by atoms with Crippen LogP contribution in [0.15, 0.2) is 0 Å². The lowest BCUT2D eigenvalue weighted by molar-refractivity contribution is -0.134. The van der Waals surface area contributed by atoms with E-state index in [0.29, 0.717) is 18.4 Å². The maximum atomic E-state index is 12.1. The number of amides is 1. The van der Waals surface area contributed by atoms with E-state index in [4.69, 9.17) is 0 Å². The van der Waals surface area contributed by atoms with Gasteiger partial charge in [-0.05, 0) is 45.4 Å². The van der Waals surface area contributed by atoms with Crippen LogP contribution in [0.25, 0.3) is 0 Å². The first-order chi connectivity index (χ1) is 8.21. The monoisotopic (exact) mass is 241 g/mol. The van der Waals surface area contributed by atoms with Crippen LogP contribution >= 0.6 is 0 Å². The fraction of sp³-hybridized carbons (Fsp3) is 0.923. The molecule has 1 aliphatic heterocycles. The molecule has 100 valence electrons. The zero-order valence-electron chi connectivity index (χ0n) is 11.5. The molecule has 1 aliphatic rings. The average molecular weight is 241 g/mol. The van der Waals surface area contributed by atoms with Gasteiger partial charge in [0, 0.05) is 13.1 Å². The summed E-state index contributed by atoms with van der Waals surface area (Å²) in [7, 11) is 1.98. The van der Waals surface area contributed by atoms with Crippen molar-refractivity contribution in [3.05, 3.63) is 0 Å². The molecule has 1 amide bonds. The van der Waals surface area contributed by atoms with Gasteiger partial charge in [-0.1, -0.05) is 13.8 Å². The van der Waals surface area contributed by atoms with E-state index < -0.39 is 0 Å². The van der Waals surface area contributed by atoms with Crippen molar-refractivity contribution in [2.45, 2.75) is 26.7 Å². The van der Waals surface area contributed by atoms with Gasteiger partial charge < -0.3 is 10.2 Å². The van der Waals surface area contributed by atoms with Gasteiger partial charge in [0.05, 0.1) is 6.54 Å². The summed E-state index contributed by atoms with van der Waals surface area (Å²) < 4.78 is 0. The number of likely N-dealkylation sites (N-methyl/N-ethyl adjacent to an activating group) is 1. The highest BCUT2D eigenvalue weighted by atomic mass is 16.2. The van der Waals surface area contributed by atoms with Gasteiger partial charge in [-0.2, -0.15) is 0 Å². The van der Waals surface area contributed by atoms with Crippen LogP contribution in [0.3, 0.4) is 0 Å². The van der Waals surface area contributed by atoms with Crippen molar-refractivity contribution in [3.63, 3.8) is 0 Å². The molecule has 1 atom stereocenters. The van der Waals surface area contributed by atoms with Crippen LogP contribution in [0.1, 0.15) is 26.7 Å². The lowest BCUT2D eigenvalue weighted by Crippen LogP contribution is -2.46. The van der Waals surface area contributed by atoms with Crippen molar-refractivity contribution in [1.29, 1.82) is 0 Å². The molecule has 0 radical (unpaired) electrons. The number of nitrogens with zero attached hydrogens (tertiary/aromatic N) is 2. The molecule has 0 aromatic heterocycles. The number of nitrogens with one attached hydrogen (secondary N) is 1. The van der Waals surface area contributed by atoms with Gasteiger partial charge in [0.15, 0.2) is 0 Å². The summed E-state index contributed by atoms with van der Waals surface area (Å²) in [6.45, 7) is 9.61. The fourth-order valence-corrected chi connectivity index (χ4v) is 2.49. The van der Waals surface area contributed by atoms with Crippen LogP contribution in [0.5, 0.6) is 0 Å². The number of piperidine rings is 1. The van der Waals surface area contributed by atoms with E-state index in [1.807, 2.05) is 11.9 Å². The minimum atomic E-state index is 0.300. The Morgan fingerprint density at radius 1 is 1.41 bits per heavy atom. The van der Waals surface area contributed by atoms with E-state index in [9.17, 15) is 4.79 Å². The van der Waals surface area contributed by atoms with E-state index in [0.717, 1.165) is 39.1 Å². The Hall–Kier alpha value is -0.610. The standard InChI is InChI=1S/C13H27N3O/c1-4-15(5-2)11-13(17)16-8-6-7-12(10-16)9-14-3/h12,14H,4-11H2,1-3H3. The summed E-state index contributed by atoms with van der Waals surface area (Å²) in [5, 5.41) is 3.21. The minimum Gasteiger partial charge on any atom is -0.341 e. The average Bonchev–Trinajstić information content (AvgIpc) is 2.36. The Kier molecular flexibility index (Phi) is 6.52. The van der Waals surface area contributed by atoms with E-state index in [-0.39, 0.29) is 0 Å². The van der Waals surface area contributed by atoms with E-state index in [1.165, 1.54) is 6.42 Å². The number of rotatable bonds is 6. The summed E-state index contributed by atoms with van der Waals surface area (Å²) in [5.41, 5.74) is 0. The SMILES string of the molecule is CCN(CC)CC(=O)N1CCCC(CNC)C1. The van der Waals surface area contributed by atoms with Gasteiger partial charge >= 0.3 is 0 Å². The normalized spacial score (nSPS) is 20.9. The van der Waals surface area contributed by atoms with Crippen LogP contribution in [0.2, 0.25) is 0 Å². The van der Waals surface area contributed by atoms with Gasteiger partial charge in [0.1, 0.15) is 0 Å². The van der Waals surface area contributed by atoms with E-state index >= 15 is 0 Å². The Morgan fingerprint density at radius 2 is 2.12 bits per heavy atom. The highest BCUT2D eigenvalue weighted by Gasteiger charge is 2.23. The number of hydrogen-bond donors (Lipinski definition) is 1. The van der Waals surface area contributed by atoms with Gasteiger partial charge in [0.2, 0.25) is 5.91 Å². The topological polar surface area (TPSA) is 35.6 Å². The van der Waals surface area contributed by atoms with Crippen LogP contribution in [-0.2, 0) is 4.79 Å². The zero-order chi connectivity index (χ0) is 12.7. The lowest BCUT2D eigenvalue weighted by Gasteiger charge is -2.34. The summed E-state index contributed by atoms with van der Waals surface area (Å²) in [5.74, 6) is 0.934. The lowest BCUT2D eigenvalue weighted by atomic mass is 9.98. The predicted molar refractivity (Wildman–Crippen MR) is 71.0 cm³/mol. The van der Waals surface area contributed by atoms with Crippen LogP contribution in [0.4, 0.5) is 0 Å². The molecule has 0 bridgehead atoms.